The fraction of sp³-hybridized carbons (Fsp3) is 0.643. The van der Waals surface area contributed by atoms with Crippen LogP contribution in [0.3, 0.4) is 0 Å². The van der Waals surface area contributed by atoms with E-state index in [2.05, 4.69) is 0 Å². The van der Waals surface area contributed by atoms with Gasteiger partial charge in [0.1, 0.15) is 0 Å². The maximum atomic E-state index is 11.9. The van der Waals surface area contributed by atoms with E-state index in [1.54, 1.807) is 18.3 Å². The first-order chi connectivity index (χ1) is 8.58. The van der Waals surface area contributed by atoms with Crippen molar-refractivity contribution in [3.05, 3.63) is 21.9 Å². The van der Waals surface area contributed by atoms with Crippen LogP contribution in [0.25, 0.3) is 0 Å². The predicted octanol–water partition coefficient (Wildman–Crippen LogP) is 2.94. The Labute approximate surface area is 113 Å². The topological polar surface area (TPSA) is 46.5 Å². The first kappa shape index (κ1) is 15.2. The number of aliphatic hydroxyl groups is 1. The second-order valence-corrected chi connectivity index (χ2v) is 5.80. The van der Waals surface area contributed by atoms with E-state index in [1.165, 1.54) is 4.88 Å². The van der Waals surface area contributed by atoms with E-state index in [0.717, 1.165) is 11.3 Å². The molecule has 1 N–H and O–H groups in total. The van der Waals surface area contributed by atoms with Crippen LogP contribution in [0, 0.1) is 12.8 Å². The second kappa shape index (κ2) is 7.54. The number of ether oxygens (including phenoxy) is 1. The van der Waals surface area contributed by atoms with Crippen molar-refractivity contribution in [2.24, 2.45) is 5.92 Å². The van der Waals surface area contributed by atoms with Crippen molar-refractivity contribution in [3.8, 4) is 0 Å². The Morgan fingerprint density at radius 2 is 2.17 bits per heavy atom. The van der Waals surface area contributed by atoms with Gasteiger partial charge in [-0.1, -0.05) is 13.3 Å². The molecule has 1 rings (SSSR count). The van der Waals surface area contributed by atoms with Gasteiger partial charge in [0, 0.05) is 9.75 Å². The molecule has 0 bridgehead atoms. The van der Waals surface area contributed by atoms with Crippen LogP contribution >= 0.6 is 11.3 Å². The molecule has 0 saturated carbocycles. The zero-order valence-corrected chi connectivity index (χ0v) is 12.1. The number of hydrogen-bond donors (Lipinski definition) is 1. The minimum absolute atomic E-state index is 0.287. The van der Waals surface area contributed by atoms with Crippen LogP contribution in [0.2, 0.25) is 0 Å². The molecule has 18 heavy (non-hydrogen) atoms. The average Bonchev–Trinajstić information content (AvgIpc) is 2.72. The van der Waals surface area contributed by atoms with E-state index in [9.17, 15) is 9.90 Å². The fourth-order valence-corrected chi connectivity index (χ4v) is 2.88. The summed E-state index contributed by atoms with van der Waals surface area (Å²) in [6.45, 7) is 6.19. The lowest BCUT2D eigenvalue weighted by Gasteiger charge is -2.20. The molecule has 2 atom stereocenters. The Balaban J connectivity index is 2.73. The summed E-state index contributed by atoms with van der Waals surface area (Å²) >= 11 is 1.67. The van der Waals surface area contributed by atoms with Gasteiger partial charge in [0.2, 0.25) is 0 Å². The van der Waals surface area contributed by atoms with Gasteiger partial charge in [-0.15, -0.1) is 11.3 Å². The number of aliphatic hydroxyl groups excluding tert-OH is 1. The van der Waals surface area contributed by atoms with E-state index in [0.29, 0.717) is 19.4 Å². The van der Waals surface area contributed by atoms with Gasteiger partial charge in [-0.2, -0.15) is 0 Å². The predicted molar refractivity (Wildman–Crippen MR) is 73.8 cm³/mol. The highest BCUT2D eigenvalue weighted by molar-refractivity contribution is 7.11. The van der Waals surface area contributed by atoms with Crippen LogP contribution in [0.15, 0.2) is 12.1 Å². The van der Waals surface area contributed by atoms with Crippen LogP contribution < -0.4 is 0 Å². The summed E-state index contributed by atoms with van der Waals surface area (Å²) in [6.07, 6.45) is 1.45. The maximum absolute atomic E-state index is 11.9. The van der Waals surface area contributed by atoms with E-state index in [-0.39, 0.29) is 5.97 Å². The lowest BCUT2D eigenvalue weighted by atomic mass is 9.94. The van der Waals surface area contributed by atoms with E-state index in [4.69, 9.17) is 4.74 Å². The quantitative estimate of drug-likeness (QED) is 0.775. The molecule has 0 spiro atoms. The molecule has 0 aliphatic heterocycles. The highest BCUT2D eigenvalue weighted by Gasteiger charge is 2.28. The Morgan fingerprint density at radius 1 is 1.44 bits per heavy atom. The molecule has 0 aromatic carbocycles. The smallest absolute Gasteiger partial charge is 0.311 e. The summed E-state index contributed by atoms with van der Waals surface area (Å²) in [6, 6.07) is 4.05. The molecule has 1 aromatic rings. The van der Waals surface area contributed by atoms with Gasteiger partial charge in [0.15, 0.2) is 0 Å². The summed E-state index contributed by atoms with van der Waals surface area (Å²) in [5.74, 6) is -0.729. The molecule has 0 saturated heterocycles. The fourth-order valence-electron chi connectivity index (χ4n) is 1.93. The van der Waals surface area contributed by atoms with Crippen molar-refractivity contribution >= 4 is 17.3 Å². The zero-order valence-electron chi connectivity index (χ0n) is 11.3. The highest BCUT2D eigenvalue weighted by atomic mass is 32.1. The minimum Gasteiger partial charge on any atom is -0.466 e. The molecule has 1 heterocycles. The van der Waals surface area contributed by atoms with Gasteiger partial charge in [0.05, 0.1) is 18.6 Å². The summed E-state index contributed by atoms with van der Waals surface area (Å²) < 4.78 is 5.06. The summed E-state index contributed by atoms with van der Waals surface area (Å²) in [5.41, 5.74) is 0. The van der Waals surface area contributed by atoms with Crippen LogP contribution in [0.4, 0.5) is 0 Å². The maximum Gasteiger partial charge on any atom is 0.311 e. The van der Waals surface area contributed by atoms with Gasteiger partial charge in [-0.25, -0.2) is 0 Å². The SMILES string of the molecule is CCC[C@@H](O)[C@H](Cc1ccc(C)s1)C(=O)OCC. The molecular formula is C14H22O3S. The van der Waals surface area contributed by atoms with Crippen LogP contribution in [-0.4, -0.2) is 23.8 Å². The van der Waals surface area contributed by atoms with Gasteiger partial charge in [-0.3, -0.25) is 4.79 Å². The van der Waals surface area contributed by atoms with E-state index < -0.39 is 12.0 Å². The number of hydrogen-bond acceptors (Lipinski definition) is 4. The number of aryl methyl sites for hydroxylation is 1. The van der Waals surface area contributed by atoms with Crippen LogP contribution in [0.1, 0.15) is 36.4 Å². The number of rotatable bonds is 7. The molecule has 0 fully saturated rings. The summed E-state index contributed by atoms with van der Waals surface area (Å²) in [5, 5.41) is 10.1. The van der Waals surface area contributed by atoms with Crippen molar-refractivity contribution in [1.82, 2.24) is 0 Å². The van der Waals surface area contributed by atoms with E-state index >= 15 is 0 Å². The summed E-state index contributed by atoms with van der Waals surface area (Å²) in [4.78, 5) is 14.2. The lowest BCUT2D eigenvalue weighted by molar-refractivity contribution is -0.152. The third kappa shape index (κ3) is 4.42. The van der Waals surface area contributed by atoms with Crippen molar-refractivity contribution < 1.29 is 14.6 Å². The van der Waals surface area contributed by atoms with Crippen molar-refractivity contribution in [2.75, 3.05) is 6.61 Å². The first-order valence-corrected chi connectivity index (χ1v) is 7.30. The number of thiophene rings is 1. The minimum atomic E-state index is -0.614. The zero-order chi connectivity index (χ0) is 13.5. The molecule has 0 radical (unpaired) electrons. The molecule has 0 amide bonds. The standard InChI is InChI=1S/C14H22O3S/c1-4-6-13(15)12(14(16)17-5-2)9-11-8-7-10(3)18-11/h7-8,12-13,15H,4-6,9H2,1-3H3/t12-,13+/m0/s1. The molecule has 0 aliphatic rings. The second-order valence-electron chi connectivity index (χ2n) is 4.43. The molecule has 0 aliphatic carbocycles. The van der Waals surface area contributed by atoms with Crippen LogP contribution in [0.5, 0.6) is 0 Å². The Hall–Kier alpha value is -0.870. The molecule has 4 heteroatoms. The average molecular weight is 270 g/mol. The Morgan fingerprint density at radius 3 is 2.67 bits per heavy atom. The monoisotopic (exact) mass is 270 g/mol. The molecule has 102 valence electrons. The normalized spacial score (nSPS) is 14.2. The number of carbonyl (C=O) groups excluding carboxylic acids is 1. The summed E-state index contributed by atoms with van der Waals surface area (Å²) in [7, 11) is 0. The third-order valence-corrected chi connectivity index (χ3v) is 3.88. The van der Waals surface area contributed by atoms with Crippen molar-refractivity contribution in [1.29, 1.82) is 0 Å². The van der Waals surface area contributed by atoms with E-state index in [1.807, 2.05) is 26.0 Å². The van der Waals surface area contributed by atoms with Crippen molar-refractivity contribution in [3.63, 3.8) is 0 Å². The van der Waals surface area contributed by atoms with Gasteiger partial charge in [0.25, 0.3) is 0 Å². The first-order valence-electron chi connectivity index (χ1n) is 6.48. The molecule has 0 unspecified atom stereocenters. The molecular weight excluding hydrogens is 248 g/mol. The number of esters is 1. The number of carbonyl (C=O) groups is 1. The highest BCUT2D eigenvalue weighted by Crippen LogP contribution is 2.23. The Bertz CT molecular complexity index is 373. The third-order valence-electron chi connectivity index (χ3n) is 2.86. The molecule has 3 nitrogen and oxygen atoms in total. The molecule has 1 aromatic heterocycles. The lowest BCUT2D eigenvalue weighted by Crippen LogP contribution is -2.31. The van der Waals surface area contributed by atoms with Gasteiger partial charge < -0.3 is 9.84 Å². The van der Waals surface area contributed by atoms with Crippen LogP contribution in [-0.2, 0) is 16.0 Å². The van der Waals surface area contributed by atoms with Gasteiger partial charge >= 0.3 is 5.97 Å². The van der Waals surface area contributed by atoms with Crippen molar-refractivity contribution in [2.45, 2.75) is 46.1 Å². The Kier molecular flexibility index (Phi) is 6.36. The van der Waals surface area contributed by atoms with Gasteiger partial charge in [-0.05, 0) is 38.8 Å². The largest absolute Gasteiger partial charge is 0.466 e.